The second kappa shape index (κ2) is 7.24. The van der Waals surface area contributed by atoms with Crippen LogP contribution in [0.15, 0.2) is 35.1 Å². The normalized spacial score (nSPS) is 19.1. The number of morpholine rings is 1. The molecule has 2 atom stereocenters. The number of anilines is 1. The van der Waals surface area contributed by atoms with Gasteiger partial charge in [-0.3, -0.25) is 19.3 Å². The minimum Gasteiger partial charge on any atom is -0.477 e. The van der Waals surface area contributed by atoms with Gasteiger partial charge in [0.25, 0.3) is 0 Å². The summed E-state index contributed by atoms with van der Waals surface area (Å²) in [5, 5.41) is 21.6. The summed E-state index contributed by atoms with van der Waals surface area (Å²) in [6.07, 6.45) is -0.315. The van der Waals surface area contributed by atoms with Gasteiger partial charge in [-0.25, -0.2) is 9.78 Å². The number of rotatable bonds is 3. The number of fused-ring (bicyclic) bond motifs is 5. The number of para-hydroxylation sites is 1. The summed E-state index contributed by atoms with van der Waals surface area (Å²) < 4.78 is 8.13. The smallest absolute Gasteiger partial charge is 0.342 e. The van der Waals surface area contributed by atoms with E-state index < -0.39 is 21.9 Å². The van der Waals surface area contributed by atoms with Crippen molar-refractivity contribution in [3.63, 3.8) is 0 Å². The SMILES string of the molecule is CC1CN(c2nc3c(cc2[N+](=O)[O-])c(=O)c(C(=O)O)c2sc4ccccc4n23)CC(C)O1. The molecule has 1 aliphatic rings. The molecule has 0 aliphatic carbocycles. The maximum atomic E-state index is 13.1. The van der Waals surface area contributed by atoms with Gasteiger partial charge in [-0.15, -0.1) is 11.3 Å². The Bertz CT molecular complexity index is 1480. The molecular weight excluding hydrogens is 436 g/mol. The van der Waals surface area contributed by atoms with Crippen LogP contribution in [-0.2, 0) is 4.74 Å². The van der Waals surface area contributed by atoms with Crippen LogP contribution in [0.2, 0.25) is 0 Å². The molecule has 1 fully saturated rings. The number of aromatic nitrogens is 2. The third kappa shape index (κ3) is 3.00. The maximum absolute atomic E-state index is 13.1. The topological polar surface area (TPSA) is 127 Å². The molecule has 3 aromatic heterocycles. The Morgan fingerprint density at radius 3 is 2.62 bits per heavy atom. The van der Waals surface area contributed by atoms with Crippen LogP contribution in [0.5, 0.6) is 0 Å². The van der Waals surface area contributed by atoms with Crippen LogP contribution in [0, 0.1) is 10.1 Å². The van der Waals surface area contributed by atoms with E-state index in [2.05, 4.69) is 4.98 Å². The zero-order valence-electron chi connectivity index (χ0n) is 17.1. The van der Waals surface area contributed by atoms with Crippen LogP contribution >= 0.6 is 11.3 Å². The van der Waals surface area contributed by atoms with E-state index in [1.807, 2.05) is 26.0 Å². The highest BCUT2D eigenvalue weighted by Crippen LogP contribution is 2.35. The molecule has 1 N–H and O–H groups in total. The molecule has 10 nitrogen and oxygen atoms in total. The van der Waals surface area contributed by atoms with Crippen molar-refractivity contribution in [2.75, 3.05) is 18.0 Å². The molecule has 0 amide bonds. The number of ether oxygens (including phenoxy) is 1. The van der Waals surface area contributed by atoms with Crippen LogP contribution in [-0.4, -0.2) is 50.7 Å². The maximum Gasteiger partial charge on any atom is 0.342 e. The summed E-state index contributed by atoms with van der Waals surface area (Å²) in [6, 6.07) is 8.40. The van der Waals surface area contributed by atoms with Crippen LogP contribution in [0.25, 0.3) is 26.1 Å². The highest BCUT2D eigenvalue weighted by atomic mass is 32.1. The Kier molecular flexibility index (Phi) is 4.60. The highest BCUT2D eigenvalue weighted by molar-refractivity contribution is 7.24. The second-order valence-electron chi connectivity index (χ2n) is 7.84. The Morgan fingerprint density at radius 2 is 1.97 bits per heavy atom. The summed E-state index contributed by atoms with van der Waals surface area (Å²) >= 11 is 1.17. The summed E-state index contributed by atoms with van der Waals surface area (Å²) in [5.74, 6) is -1.25. The Hall–Kier alpha value is -3.57. The molecule has 5 rings (SSSR count). The monoisotopic (exact) mass is 454 g/mol. The predicted octanol–water partition coefficient (Wildman–Crippen LogP) is 3.28. The fourth-order valence-electron chi connectivity index (χ4n) is 4.32. The first-order valence-electron chi connectivity index (χ1n) is 9.95. The summed E-state index contributed by atoms with van der Waals surface area (Å²) in [7, 11) is 0. The molecule has 32 heavy (non-hydrogen) atoms. The summed E-state index contributed by atoms with van der Waals surface area (Å²) in [6.45, 7) is 4.56. The van der Waals surface area contributed by atoms with E-state index >= 15 is 0 Å². The number of thiazole rings is 1. The fourth-order valence-corrected chi connectivity index (χ4v) is 5.50. The van der Waals surface area contributed by atoms with Crippen LogP contribution < -0.4 is 10.3 Å². The van der Waals surface area contributed by atoms with Crippen molar-refractivity contribution < 1.29 is 19.6 Å². The van der Waals surface area contributed by atoms with Crippen molar-refractivity contribution in [3.8, 4) is 0 Å². The first kappa shape index (κ1) is 20.3. The number of nitro groups is 1. The van der Waals surface area contributed by atoms with Gasteiger partial charge in [-0.05, 0) is 26.0 Å². The second-order valence-corrected chi connectivity index (χ2v) is 8.87. The average molecular weight is 454 g/mol. The van der Waals surface area contributed by atoms with E-state index in [0.717, 1.165) is 10.8 Å². The number of pyridine rings is 2. The number of nitrogens with zero attached hydrogens (tertiary/aromatic N) is 4. The largest absolute Gasteiger partial charge is 0.477 e. The number of carboxylic acids is 1. The number of hydrogen-bond acceptors (Lipinski definition) is 8. The zero-order valence-corrected chi connectivity index (χ0v) is 18.0. The van der Waals surface area contributed by atoms with Crippen molar-refractivity contribution in [2.24, 2.45) is 0 Å². The third-order valence-corrected chi connectivity index (χ3v) is 6.65. The minimum absolute atomic E-state index is 0.103. The molecule has 0 bridgehead atoms. The quantitative estimate of drug-likeness (QED) is 0.369. The number of benzene rings is 1. The average Bonchev–Trinajstić information content (AvgIpc) is 3.11. The van der Waals surface area contributed by atoms with Gasteiger partial charge in [0.2, 0.25) is 11.2 Å². The van der Waals surface area contributed by atoms with Crippen molar-refractivity contribution in [1.82, 2.24) is 9.38 Å². The van der Waals surface area contributed by atoms with Gasteiger partial charge in [0.1, 0.15) is 10.4 Å². The molecule has 0 radical (unpaired) electrons. The molecule has 1 aromatic carbocycles. The molecule has 1 aliphatic heterocycles. The molecule has 0 spiro atoms. The van der Waals surface area contributed by atoms with Gasteiger partial charge in [-0.2, -0.15) is 0 Å². The lowest BCUT2D eigenvalue weighted by Crippen LogP contribution is -2.46. The fraction of sp³-hybridized carbons (Fsp3) is 0.286. The van der Waals surface area contributed by atoms with Gasteiger partial charge in [0.05, 0.1) is 32.7 Å². The lowest BCUT2D eigenvalue weighted by Gasteiger charge is -2.35. The van der Waals surface area contributed by atoms with Crippen molar-refractivity contribution >= 4 is 54.9 Å². The van der Waals surface area contributed by atoms with Gasteiger partial charge in [0, 0.05) is 19.2 Å². The van der Waals surface area contributed by atoms with Crippen LogP contribution in [0.4, 0.5) is 11.5 Å². The minimum atomic E-state index is -1.39. The van der Waals surface area contributed by atoms with E-state index in [1.54, 1.807) is 21.4 Å². The first-order chi connectivity index (χ1) is 15.3. The predicted molar refractivity (Wildman–Crippen MR) is 120 cm³/mol. The molecule has 4 aromatic rings. The Balaban J connectivity index is 1.94. The van der Waals surface area contributed by atoms with Crippen LogP contribution in [0.1, 0.15) is 24.2 Å². The number of carboxylic acid groups (broad SMARTS) is 1. The van der Waals surface area contributed by atoms with E-state index in [-0.39, 0.29) is 39.6 Å². The van der Waals surface area contributed by atoms with E-state index in [4.69, 9.17) is 4.74 Å². The van der Waals surface area contributed by atoms with Crippen molar-refractivity contribution in [3.05, 3.63) is 56.2 Å². The Labute approximate surface area is 184 Å². The molecular formula is C21H18N4O6S. The van der Waals surface area contributed by atoms with Gasteiger partial charge >= 0.3 is 11.7 Å². The van der Waals surface area contributed by atoms with Crippen LogP contribution in [0.3, 0.4) is 0 Å². The van der Waals surface area contributed by atoms with Gasteiger partial charge < -0.3 is 14.7 Å². The van der Waals surface area contributed by atoms with Crippen molar-refractivity contribution in [1.29, 1.82) is 0 Å². The lowest BCUT2D eigenvalue weighted by atomic mass is 10.1. The van der Waals surface area contributed by atoms with E-state index in [1.165, 1.54) is 11.3 Å². The van der Waals surface area contributed by atoms with Crippen molar-refractivity contribution in [2.45, 2.75) is 26.1 Å². The summed E-state index contributed by atoms with van der Waals surface area (Å²) in [4.78, 5) is 43.1. The van der Waals surface area contributed by atoms with Gasteiger partial charge in [-0.1, -0.05) is 12.1 Å². The van der Waals surface area contributed by atoms with E-state index in [9.17, 15) is 24.8 Å². The lowest BCUT2D eigenvalue weighted by molar-refractivity contribution is -0.384. The Morgan fingerprint density at radius 1 is 1.28 bits per heavy atom. The number of hydrogen-bond donors (Lipinski definition) is 1. The molecule has 2 unspecified atom stereocenters. The third-order valence-electron chi connectivity index (χ3n) is 5.51. The standard InChI is InChI=1S/C21H18N4O6S/c1-10-8-23(9-11(2)31-10)19-14(25(29)30)7-12-17(26)16(21(27)28)20-24(18(12)22-19)13-5-3-4-6-15(13)32-20/h3-7,10-11H,8-9H2,1-2H3,(H,27,28). The molecule has 11 heteroatoms. The highest BCUT2D eigenvalue weighted by Gasteiger charge is 2.31. The van der Waals surface area contributed by atoms with Gasteiger partial charge in [0.15, 0.2) is 5.65 Å². The van der Waals surface area contributed by atoms with E-state index in [0.29, 0.717) is 18.6 Å². The molecule has 0 saturated carbocycles. The molecule has 4 heterocycles. The number of aromatic carboxylic acids is 1. The molecule has 164 valence electrons. The molecule has 1 saturated heterocycles. The summed E-state index contributed by atoms with van der Waals surface area (Å²) in [5.41, 5.74) is -0.677. The first-order valence-corrected chi connectivity index (χ1v) is 10.8. The zero-order chi connectivity index (χ0) is 22.7. The number of carbonyl (C=O) groups is 1.